The number of H-pyrrole nitrogens is 1. The summed E-state index contributed by atoms with van der Waals surface area (Å²) in [6.07, 6.45) is 2.96. The quantitative estimate of drug-likeness (QED) is 0.276. The number of benzene rings is 2. The number of nitrogens with zero attached hydrogens (tertiary/aromatic N) is 3. The van der Waals surface area contributed by atoms with Gasteiger partial charge in [0.1, 0.15) is 11.6 Å². The molecule has 2 N–H and O–H groups in total. The molecule has 206 valence electrons. The third-order valence-electron chi connectivity index (χ3n) is 7.75. The standard InChI is InChI=1S/C32H40N4O2S/c1-31(2,3)22-17-21(18-23(29(22)38)32(4,5)6)26-19-39-30(35-26)20-13-15-36(16-14-20)28(37)12-11-27-33-24-9-7-8-10-25(24)34-27/h7-10,17-20,38H,11-16H2,1-6H3,(H,33,34). The summed E-state index contributed by atoms with van der Waals surface area (Å²) in [7, 11) is 0. The minimum atomic E-state index is -0.178. The first-order chi connectivity index (χ1) is 18.4. The van der Waals surface area contributed by atoms with Gasteiger partial charge in [-0.3, -0.25) is 4.79 Å². The summed E-state index contributed by atoms with van der Waals surface area (Å²) in [5.74, 6) is 1.83. The monoisotopic (exact) mass is 544 g/mol. The van der Waals surface area contributed by atoms with Gasteiger partial charge in [-0.1, -0.05) is 53.7 Å². The van der Waals surface area contributed by atoms with Crippen molar-refractivity contribution in [2.24, 2.45) is 0 Å². The molecule has 0 bridgehead atoms. The fourth-order valence-corrected chi connectivity index (χ4v) is 6.42. The lowest BCUT2D eigenvalue weighted by Gasteiger charge is -2.31. The first kappa shape index (κ1) is 27.4. The van der Waals surface area contributed by atoms with Gasteiger partial charge in [0.15, 0.2) is 0 Å². The van der Waals surface area contributed by atoms with Crippen molar-refractivity contribution in [1.82, 2.24) is 19.9 Å². The Bertz CT molecular complexity index is 1410. The summed E-state index contributed by atoms with van der Waals surface area (Å²) < 4.78 is 0. The molecule has 0 atom stereocenters. The Balaban J connectivity index is 1.24. The number of amides is 1. The summed E-state index contributed by atoms with van der Waals surface area (Å²) in [5, 5.41) is 14.4. The van der Waals surface area contributed by atoms with Gasteiger partial charge < -0.3 is 15.0 Å². The van der Waals surface area contributed by atoms with E-state index in [0.717, 1.165) is 70.2 Å². The molecule has 6 nitrogen and oxygen atoms in total. The van der Waals surface area contributed by atoms with E-state index < -0.39 is 0 Å². The highest BCUT2D eigenvalue weighted by Crippen LogP contribution is 2.42. The zero-order chi connectivity index (χ0) is 27.9. The number of likely N-dealkylation sites (tertiary alicyclic amines) is 1. The number of phenolic OH excluding ortho intramolecular Hbond substituents is 1. The summed E-state index contributed by atoms with van der Waals surface area (Å²) in [4.78, 5) is 27.9. The van der Waals surface area contributed by atoms with Crippen molar-refractivity contribution < 1.29 is 9.90 Å². The summed E-state index contributed by atoms with van der Waals surface area (Å²) in [6.45, 7) is 14.3. The molecule has 1 aliphatic heterocycles. The van der Waals surface area contributed by atoms with Crippen molar-refractivity contribution in [2.45, 2.75) is 84.0 Å². The number of aryl methyl sites for hydroxylation is 1. The van der Waals surface area contributed by atoms with Crippen LogP contribution >= 0.6 is 11.3 Å². The maximum atomic E-state index is 12.9. The van der Waals surface area contributed by atoms with Crippen molar-refractivity contribution in [3.8, 4) is 17.0 Å². The number of piperidine rings is 1. The lowest BCUT2D eigenvalue weighted by molar-refractivity contribution is -0.132. The number of aromatic nitrogens is 3. The predicted octanol–water partition coefficient (Wildman–Crippen LogP) is 7.33. The average Bonchev–Trinajstić information content (AvgIpc) is 3.53. The Morgan fingerprint density at radius 1 is 1.03 bits per heavy atom. The van der Waals surface area contributed by atoms with Crippen LogP contribution in [0.15, 0.2) is 41.8 Å². The third kappa shape index (κ3) is 5.88. The summed E-state index contributed by atoms with van der Waals surface area (Å²) >= 11 is 1.71. The molecule has 1 fully saturated rings. The number of aromatic hydroxyl groups is 1. The molecule has 0 spiro atoms. The molecule has 5 rings (SSSR count). The average molecular weight is 545 g/mol. The highest BCUT2D eigenvalue weighted by Gasteiger charge is 2.29. The lowest BCUT2D eigenvalue weighted by Crippen LogP contribution is -2.38. The molecule has 2 aromatic heterocycles. The number of nitrogens with one attached hydrogen (secondary N) is 1. The van der Waals surface area contributed by atoms with E-state index in [4.69, 9.17) is 4.98 Å². The van der Waals surface area contributed by atoms with Gasteiger partial charge in [-0.25, -0.2) is 9.97 Å². The summed E-state index contributed by atoms with van der Waals surface area (Å²) in [6, 6.07) is 12.2. The third-order valence-corrected chi connectivity index (χ3v) is 8.76. The van der Waals surface area contributed by atoms with Gasteiger partial charge in [0.2, 0.25) is 5.91 Å². The van der Waals surface area contributed by atoms with Crippen molar-refractivity contribution in [3.63, 3.8) is 0 Å². The number of para-hydroxylation sites is 2. The van der Waals surface area contributed by atoms with E-state index in [1.807, 2.05) is 29.2 Å². The summed E-state index contributed by atoms with van der Waals surface area (Å²) in [5.41, 5.74) is 5.53. The van der Waals surface area contributed by atoms with Crippen LogP contribution < -0.4 is 0 Å². The van der Waals surface area contributed by atoms with Crippen LogP contribution in [-0.4, -0.2) is 44.0 Å². The van der Waals surface area contributed by atoms with Crippen LogP contribution in [0, 0.1) is 0 Å². The largest absolute Gasteiger partial charge is 0.507 e. The van der Waals surface area contributed by atoms with E-state index in [1.54, 1.807) is 11.3 Å². The Morgan fingerprint density at radius 3 is 2.28 bits per heavy atom. The van der Waals surface area contributed by atoms with E-state index in [1.165, 1.54) is 0 Å². The fourth-order valence-electron chi connectivity index (χ4n) is 5.42. The Labute approximate surface area is 235 Å². The number of thiazole rings is 1. The molecule has 0 unspecified atom stereocenters. The second-order valence-electron chi connectivity index (χ2n) is 12.8. The number of carbonyl (C=O) groups excluding carboxylic acids is 1. The Kier molecular flexibility index (Phi) is 7.31. The van der Waals surface area contributed by atoms with Crippen LogP contribution in [-0.2, 0) is 22.0 Å². The minimum Gasteiger partial charge on any atom is -0.507 e. The van der Waals surface area contributed by atoms with Crippen molar-refractivity contribution in [3.05, 3.63) is 63.7 Å². The van der Waals surface area contributed by atoms with E-state index in [-0.39, 0.29) is 16.7 Å². The van der Waals surface area contributed by atoms with Gasteiger partial charge in [0.25, 0.3) is 0 Å². The first-order valence-corrected chi connectivity index (χ1v) is 14.8. The minimum absolute atomic E-state index is 0.178. The molecule has 3 heterocycles. The number of hydrogen-bond donors (Lipinski definition) is 2. The zero-order valence-electron chi connectivity index (χ0n) is 24.0. The Hall–Kier alpha value is -3.19. The highest BCUT2D eigenvalue weighted by atomic mass is 32.1. The molecule has 39 heavy (non-hydrogen) atoms. The van der Waals surface area contributed by atoms with Crippen molar-refractivity contribution in [1.29, 1.82) is 0 Å². The predicted molar refractivity (Wildman–Crippen MR) is 160 cm³/mol. The molecule has 1 saturated heterocycles. The molecular weight excluding hydrogens is 504 g/mol. The van der Waals surface area contributed by atoms with Gasteiger partial charge in [-0.2, -0.15) is 0 Å². The number of aromatic amines is 1. The van der Waals surface area contributed by atoms with Crippen LogP contribution in [0.1, 0.15) is 88.7 Å². The van der Waals surface area contributed by atoms with Gasteiger partial charge in [-0.05, 0) is 47.9 Å². The van der Waals surface area contributed by atoms with Gasteiger partial charge in [-0.15, -0.1) is 11.3 Å². The molecule has 2 aromatic carbocycles. The fraction of sp³-hybridized carbons (Fsp3) is 0.469. The van der Waals surface area contributed by atoms with E-state index in [9.17, 15) is 9.90 Å². The number of hydrogen-bond acceptors (Lipinski definition) is 5. The van der Waals surface area contributed by atoms with Crippen LogP contribution in [0.5, 0.6) is 5.75 Å². The SMILES string of the molecule is CC(C)(C)c1cc(-c2csc(C3CCN(C(=O)CCc4nc5ccccc5[nH]4)CC3)n2)cc(C(C)(C)C)c1O. The first-order valence-electron chi connectivity index (χ1n) is 14.0. The molecule has 0 saturated carbocycles. The highest BCUT2D eigenvalue weighted by molar-refractivity contribution is 7.10. The van der Waals surface area contributed by atoms with Gasteiger partial charge in [0.05, 0.1) is 21.7 Å². The van der Waals surface area contributed by atoms with E-state index in [0.29, 0.717) is 24.5 Å². The van der Waals surface area contributed by atoms with E-state index in [2.05, 4.69) is 69.0 Å². The van der Waals surface area contributed by atoms with Gasteiger partial charge in [0, 0.05) is 53.9 Å². The second-order valence-corrected chi connectivity index (χ2v) is 13.7. The molecule has 0 aliphatic carbocycles. The zero-order valence-corrected chi connectivity index (χ0v) is 24.8. The van der Waals surface area contributed by atoms with Crippen LogP contribution in [0.3, 0.4) is 0 Å². The number of rotatable bonds is 5. The number of imidazole rings is 1. The topological polar surface area (TPSA) is 82.1 Å². The van der Waals surface area contributed by atoms with Crippen LogP contribution in [0.25, 0.3) is 22.3 Å². The molecular formula is C32H40N4O2S. The lowest BCUT2D eigenvalue weighted by atomic mass is 9.78. The van der Waals surface area contributed by atoms with Crippen molar-refractivity contribution >= 4 is 28.3 Å². The molecule has 0 radical (unpaired) electrons. The number of fused-ring (bicyclic) bond motifs is 1. The smallest absolute Gasteiger partial charge is 0.223 e. The molecule has 7 heteroatoms. The molecule has 4 aromatic rings. The van der Waals surface area contributed by atoms with Crippen LogP contribution in [0.2, 0.25) is 0 Å². The van der Waals surface area contributed by atoms with Gasteiger partial charge >= 0.3 is 0 Å². The van der Waals surface area contributed by atoms with Crippen molar-refractivity contribution in [2.75, 3.05) is 13.1 Å². The number of carbonyl (C=O) groups is 1. The maximum Gasteiger partial charge on any atom is 0.223 e. The second kappa shape index (κ2) is 10.4. The molecule has 1 amide bonds. The molecule has 1 aliphatic rings. The van der Waals surface area contributed by atoms with E-state index >= 15 is 0 Å². The normalized spacial score (nSPS) is 15.3. The Morgan fingerprint density at radius 2 is 1.67 bits per heavy atom. The maximum absolute atomic E-state index is 12.9. The van der Waals surface area contributed by atoms with Crippen LogP contribution in [0.4, 0.5) is 0 Å². The number of phenols is 1.